The third-order valence-corrected chi connectivity index (χ3v) is 5.55. The number of thioether (sulfide) groups is 1. The molecule has 0 spiro atoms. The highest BCUT2D eigenvalue weighted by Gasteiger charge is 2.17. The van der Waals surface area contributed by atoms with Gasteiger partial charge in [-0.1, -0.05) is 23.4 Å². The fourth-order valence-corrected chi connectivity index (χ4v) is 3.93. The lowest BCUT2D eigenvalue weighted by atomic mass is 9.97. The third kappa shape index (κ3) is 6.22. The standard InChI is InChI=1S/C20H26N4O4S/c1-2-24-19(16-9-6-12-27-16)22-23-20(24)29-14-18(26)28-13-17(25)21-11-10-15-7-4-3-5-8-15/h6-7,9,12H,2-5,8,10-11,13-14H2,1H3,(H,21,25). The van der Waals surface area contributed by atoms with Gasteiger partial charge in [0.25, 0.3) is 5.91 Å². The molecule has 0 aromatic carbocycles. The van der Waals surface area contributed by atoms with Crippen molar-refractivity contribution < 1.29 is 18.7 Å². The Kier molecular flexibility index (Phi) is 7.92. The van der Waals surface area contributed by atoms with Crippen molar-refractivity contribution in [2.75, 3.05) is 18.9 Å². The van der Waals surface area contributed by atoms with Crippen LogP contribution in [0.4, 0.5) is 0 Å². The number of nitrogens with zero attached hydrogens (tertiary/aromatic N) is 3. The fourth-order valence-electron chi connectivity index (χ4n) is 3.12. The first kappa shape index (κ1) is 21.2. The number of carbonyl (C=O) groups excluding carboxylic acids is 2. The summed E-state index contributed by atoms with van der Waals surface area (Å²) >= 11 is 1.22. The van der Waals surface area contributed by atoms with E-state index in [1.54, 1.807) is 12.3 Å². The van der Waals surface area contributed by atoms with Gasteiger partial charge in [-0.05, 0) is 51.2 Å². The van der Waals surface area contributed by atoms with Crippen LogP contribution in [0.25, 0.3) is 11.6 Å². The lowest BCUT2D eigenvalue weighted by Crippen LogP contribution is -2.30. The number of hydrogen-bond acceptors (Lipinski definition) is 7. The summed E-state index contributed by atoms with van der Waals surface area (Å²) in [5.41, 5.74) is 1.40. The predicted molar refractivity (Wildman–Crippen MR) is 109 cm³/mol. The summed E-state index contributed by atoms with van der Waals surface area (Å²) in [6.07, 6.45) is 9.43. The fraction of sp³-hybridized carbons (Fsp3) is 0.500. The molecule has 8 nitrogen and oxygen atoms in total. The molecule has 156 valence electrons. The highest BCUT2D eigenvalue weighted by atomic mass is 32.2. The van der Waals surface area contributed by atoms with Crippen molar-refractivity contribution in [2.45, 2.75) is 50.7 Å². The van der Waals surface area contributed by atoms with Crippen molar-refractivity contribution in [3.63, 3.8) is 0 Å². The normalized spacial score (nSPS) is 13.8. The average Bonchev–Trinajstić information content (AvgIpc) is 3.40. The second kappa shape index (κ2) is 10.8. The van der Waals surface area contributed by atoms with Gasteiger partial charge < -0.3 is 14.5 Å². The van der Waals surface area contributed by atoms with E-state index >= 15 is 0 Å². The Labute approximate surface area is 174 Å². The monoisotopic (exact) mass is 418 g/mol. The van der Waals surface area contributed by atoms with Crippen LogP contribution in [-0.4, -0.2) is 45.5 Å². The molecule has 0 radical (unpaired) electrons. The van der Waals surface area contributed by atoms with Gasteiger partial charge in [-0.15, -0.1) is 10.2 Å². The first-order valence-electron chi connectivity index (χ1n) is 9.87. The number of nitrogens with one attached hydrogen (secondary N) is 1. The maximum absolute atomic E-state index is 12.0. The van der Waals surface area contributed by atoms with Crippen molar-refractivity contribution in [1.82, 2.24) is 20.1 Å². The van der Waals surface area contributed by atoms with Gasteiger partial charge in [-0.25, -0.2) is 0 Å². The summed E-state index contributed by atoms with van der Waals surface area (Å²) in [7, 11) is 0. The van der Waals surface area contributed by atoms with Gasteiger partial charge in [0, 0.05) is 13.1 Å². The Morgan fingerprint density at radius 1 is 1.34 bits per heavy atom. The minimum Gasteiger partial charge on any atom is -0.461 e. The van der Waals surface area contributed by atoms with Crippen molar-refractivity contribution >= 4 is 23.6 Å². The van der Waals surface area contributed by atoms with E-state index in [0.717, 1.165) is 19.3 Å². The number of amides is 1. The number of esters is 1. The van der Waals surface area contributed by atoms with Crippen LogP contribution in [0, 0.1) is 0 Å². The van der Waals surface area contributed by atoms with Crippen LogP contribution in [0.5, 0.6) is 0 Å². The van der Waals surface area contributed by atoms with Crippen molar-refractivity contribution in [1.29, 1.82) is 0 Å². The summed E-state index contributed by atoms with van der Waals surface area (Å²) in [6.45, 7) is 2.91. The quantitative estimate of drug-likeness (QED) is 0.359. The first-order chi connectivity index (χ1) is 14.2. The highest BCUT2D eigenvalue weighted by Crippen LogP contribution is 2.24. The van der Waals surface area contributed by atoms with Gasteiger partial charge >= 0.3 is 5.97 Å². The van der Waals surface area contributed by atoms with Crippen molar-refractivity contribution in [2.24, 2.45) is 0 Å². The molecule has 9 heteroatoms. The SMILES string of the molecule is CCn1c(SCC(=O)OCC(=O)NCCC2=CCCCC2)nnc1-c1ccco1. The van der Waals surface area contributed by atoms with E-state index in [4.69, 9.17) is 9.15 Å². The number of rotatable bonds is 10. The number of hydrogen-bond donors (Lipinski definition) is 1. The van der Waals surface area contributed by atoms with Gasteiger partial charge in [-0.3, -0.25) is 14.2 Å². The smallest absolute Gasteiger partial charge is 0.316 e. The Morgan fingerprint density at radius 2 is 2.24 bits per heavy atom. The Balaban J connectivity index is 1.37. The minimum atomic E-state index is -0.467. The number of ether oxygens (including phenoxy) is 1. The van der Waals surface area contributed by atoms with Gasteiger partial charge in [0.1, 0.15) is 0 Å². The van der Waals surface area contributed by atoms with E-state index in [1.165, 1.54) is 30.2 Å². The van der Waals surface area contributed by atoms with Crippen LogP contribution in [0.1, 0.15) is 39.0 Å². The zero-order chi connectivity index (χ0) is 20.5. The summed E-state index contributed by atoms with van der Waals surface area (Å²) < 4.78 is 12.3. The maximum Gasteiger partial charge on any atom is 0.316 e. The molecule has 1 N–H and O–H groups in total. The second-order valence-corrected chi connectivity index (χ2v) is 7.63. The largest absolute Gasteiger partial charge is 0.461 e. The molecule has 0 bridgehead atoms. The summed E-state index contributed by atoms with van der Waals surface area (Å²) in [5.74, 6) is 0.536. The zero-order valence-electron chi connectivity index (χ0n) is 16.6. The minimum absolute atomic E-state index is 0.0520. The zero-order valence-corrected chi connectivity index (χ0v) is 17.4. The molecule has 29 heavy (non-hydrogen) atoms. The van der Waals surface area contributed by atoms with Gasteiger partial charge in [0.05, 0.1) is 12.0 Å². The summed E-state index contributed by atoms with van der Waals surface area (Å²) in [5, 5.41) is 11.6. The Hall–Kier alpha value is -2.55. The molecule has 1 amide bonds. The highest BCUT2D eigenvalue weighted by molar-refractivity contribution is 7.99. The molecule has 3 rings (SSSR count). The van der Waals surface area contributed by atoms with Crippen LogP contribution in [0.15, 0.2) is 39.6 Å². The van der Waals surface area contributed by atoms with Crippen LogP contribution >= 0.6 is 11.8 Å². The molecule has 0 fully saturated rings. The average molecular weight is 419 g/mol. The van der Waals surface area contributed by atoms with Crippen LogP contribution in [0.2, 0.25) is 0 Å². The lowest BCUT2D eigenvalue weighted by Gasteiger charge is -2.13. The van der Waals surface area contributed by atoms with Crippen LogP contribution in [0.3, 0.4) is 0 Å². The molecule has 0 aliphatic heterocycles. The van der Waals surface area contributed by atoms with Gasteiger partial charge in [0.2, 0.25) is 0 Å². The Bertz CT molecular complexity index is 845. The molecule has 0 unspecified atom stereocenters. The number of furan rings is 1. The summed E-state index contributed by atoms with van der Waals surface area (Å²) in [4.78, 5) is 23.8. The molecular weight excluding hydrogens is 392 g/mol. The van der Waals surface area contributed by atoms with Crippen LogP contribution in [-0.2, 0) is 20.9 Å². The molecule has 0 saturated heterocycles. The van der Waals surface area contributed by atoms with Crippen LogP contribution < -0.4 is 5.32 Å². The topological polar surface area (TPSA) is 99.2 Å². The second-order valence-electron chi connectivity index (χ2n) is 6.69. The third-order valence-electron chi connectivity index (χ3n) is 4.61. The maximum atomic E-state index is 12.0. The van der Waals surface area contributed by atoms with Gasteiger partial charge in [-0.2, -0.15) is 0 Å². The summed E-state index contributed by atoms with van der Waals surface area (Å²) in [6, 6.07) is 3.59. The molecular formula is C20H26N4O4S. The predicted octanol–water partition coefficient (Wildman–Crippen LogP) is 3.20. The molecule has 0 atom stereocenters. The van der Waals surface area contributed by atoms with Crippen molar-refractivity contribution in [3.05, 3.63) is 30.0 Å². The molecule has 2 aromatic heterocycles. The van der Waals surface area contributed by atoms with E-state index in [2.05, 4.69) is 21.6 Å². The lowest BCUT2D eigenvalue weighted by molar-refractivity contribution is -0.145. The molecule has 1 aliphatic rings. The van der Waals surface area contributed by atoms with Crippen molar-refractivity contribution in [3.8, 4) is 11.6 Å². The van der Waals surface area contributed by atoms with Gasteiger partial charge in [0.15, 0.2) is 23.3 Å². The first-order valence-corrected chi connectivity index (χ1v) is 10.9. The molecule has 0 saturated carbocycles. The molecule has 2 heterocycles. The van der Waals surface area contributed by atoms with E-state index in [9.17, 15) is 9.59 Å². The number of carbonyl (C=O) groups is 2. The Morgan fingerprint density at radius 3 is 2.97 bits per heavy atom. The van der Waals surface area contributed by atoms with E-state index in [0.29, 0.717) is 29.8 Å². The molecule has 1 aliphatic carbocycles. The number of allylic oxidation sites excluding steroid dienone is 1. The van der Waals surface area contributed by atoms with E-state index in [-0.39, 0.29) is 18.3 Å². The van der Waals surface area contributed by atoms with E-state index in [1.807, 2.05) is 17.6 Å². The molecule has 2 aromatic rings. The number of aromatic nitrogens is 3. The van der Waals surface area contributed by atoms with E-state index < -0.39 is 5.97 Å².